The number of nitrogens with two attached hydrogens (primary N) is 1. The monoisotopic (exact) mass is 535 g/mol. The second kappa shape index (κ2) is 10.4. The first-order valence-corrected chi connectivity index (χ1v) is 13.8. The topological polar surface area (TPSA) is 104 Å². The van der Waals surface area contributed by atoms with E-state index in [2.05, 4.69) is 83.1 Å². The Morgan fingerprint density at radius 2 is 1.90 bits per heavy atom. The zero-order valence-electron chi connectivity index (χ0n) is 22.6. The highest BCUT2D eigenvalue weighted by Crippen LogP contribution is 2.40. The Morgan fingerprint density at radius 1 is 1.00 bits per heavy atom. The van der Waals surface area contributed by atoms with Gasteiger partial charge in [-0.25, -0.2) is 15.0 Å². The molecular formula is C34H29N7. The summed E-state index contributed by atoms with van der Waals surface area (Å²) < 4.78 is 0. The molecule has 0 saturated carbocycles. The molecule has 7 nitrogen and oxygen atoms in total. The quantitative estimate of drug-likeness (QED) is 0.255. The number of allylic oxidation sites excluding steroid dienone is 5. The molecule has 0 amide bonds. The Kier molecular flexibility index (Phi) is 6.24. The lowest BCUT2D eigenvalue weighted by atomic mass is 9.88. The highest BCUT2D eigenvalue weighted by atomic mass is 15.2. The number of amidine groups is 2. The fourth-order valence-corrected chi connectivity index (χ4v) is 5.61. The predicted octanol–water partition coefficient (Wildman–Crippen LogP) is 6.47. The number of pyridine rings is 1. The van der Waals surface area contributed by atoms with Crippen LogP contribution in [0.2, 0.25) is 0 Å². The van der Waals surface area contributed by atoms with E-state index in [0.29, 0.717) is 5.84 Å². The average Bonchev–Trinajstić information content (AvgIpc) is 3.58. The molecule has 2 aromatic carbocycles. The lowest BCUT2D eigenvalue weighted by Gasteiger charge is -2.25. The van der Waals surface area contributed by atoms with Gasteiger partial charge in [-0.05, 0) is 49.0 Å². The molecule has 7 rings (SSSR count). The van der Waals surface area contributed by atoms with Gasteiger partial charge in [0.1, 0.15) is 6.17 Å². The molecule has 0 spiro atoms. The number of nitrogens with zero attached hydrogens (tertiary/aromatic N) is 4. The van der Waals surface area contributed by atoms with Crippen molar-refractivity contribution in [1.82, 2.24) is 15.3 Å². The van der Waals surface area contributed by atoms with Crippen molar-refractivity contribution in [2.75, 3.05) is 0 Å². The SMILES string of the molecule is C/C=C(\C=C/N)C1=NC(c2cccc(-c3nc4c(c5ccccc35)N=C3C=CC=CC3C4)c2)NC(c2ccc[nH]2)=N1. The van der Waals surface area contributed by atoms with Crippen LogP contribution in [0.15, 0.2) is 130 Å². The summed E-state index contributed by atoms with van der Waals surface area (Å²) >= 11 is 0. The van der Waals surface area contributed by atoms with Gasteiger partial charge in [-0.1, -0.05) is 66.8 Å². The highest BCUT2D eigenvalue weighted by Gasteiger charge is 2.26. The third-order valence-corrected chi connectivity index (χ3v) is 7.63. The van der Waals surface area contributed by atoms with E-state index in [9.17, 15) is 0 Å². The van der Waals surface area contributed by atoms with Gasteiger partial charge in [0.2, 0.25) is 0 Å². The minimum Gasteiger partial charge on any atom is -0.405 e. The Bertz CT molecular complexity index is 1870. The summed E-state index contributed by atoms with van der Waals surface area (Å²) in [5.41, 5.74) is 13.6. The van der Waals surface area contributed by atoms with Crippen molar-refractivity contribution in [3.05, 3.63) is 132 Å². The molecule has 4 aromatic rings. The van der Waals surface area contributed by atoms with Gasteiger partial charge in [-0.2, -0.15) is 0 Å². The summed E-state index contributed by atoms with van der Waals surface area (Å²) in [6.07, 6.45) is 16.1. The lowest BCUT2D eigenvalue weighted by molar-refractivity contribution is 0.673. The van der Waals surface area contributed by atoms with Crippen molar-refractivity contribution in [3.63, 3.8) is 0 Å². The van der Waals surface area contributed by atoms with E-state index in [4.69, 9.17) is 25.7 Å². The van der Waals surface area contributed by atoms with Crippen LogP contribution in [0, 0.1) is 5.92 Å². The van der Waals surface area contributed by atoms with Crippen molar-refractivity contribution in [2.24, 2.45) is 26.6 Å². The first-order valence-electron chi connectivity index (χ1n) is 13.8. The molecule has 4 N–H and O–H groups in total. The largest absolute Gasteiger partial charge is 0.405 e. The summed E-state index contributed by atoms with van der Waals surface area (Å²) in [7, 11) is 0. The minimum atomic E-state index is -0.350. The minimum absolute atomic E-state index is 0.258. The molecule has 0 fully saturated rings. The van der Waals surface area contributed by atoms with E-state index in [1.165, 1.54) is 6.20 Å². The standard InChI is InChI=1S/C34H29N7/c1-2-21(16-17-35)32-39-33(41-34(40-32)28-15-8-18-36-28)24-11-7-10-23(19-24)30-25-12-4-5-13-26(25)31-29(38-30)20-22-9-3-6-14-27(22)37-31/h2-19,22,33,36H,20,35H2,1H3,(H,39,40,41)/b17-16-,21-2+. The van der Waals surface area contributed by atoms with Gasteiger partial charge >= 0.3 is 0 Å². The van der Waals surface area contributed by atoms with Gasteiger partial charge < -0.3 is 16.0 Å². The average molecular weight is 536 g/mol. The van der Waals surface area contributed by atoms with Crippen molar-refractivity contribution < 1.29 is 0 Å². The number of aromatic amines is 1. The van der Waals surface area contributed by atoms with Crippen molar-refractivity contribution in [1.29, 1.82) is 0 Å². The van der Waals surface area contributed by atoms with E-state index in [1.54, 1.807) is 0 Å². The maximum atomic E-state index is 5.73. The van der Waals surface area contributed by atoms with Crippen molar-refractivity contribution in [2.45, 2.75) is 19.5 Å². The van der Waals surface area contributed by atoms with Crippen LogP contribution in [0.25, 0.3) is 22.0 Å². The summed E-state index contributed by atoms with van der Waals surface area (Å²) in [4.78, 5) is 23.3. The van der Waals surface area contributed by atoms with Crippen LogP contribution in [-0.4, -0.2) is 27.4 Å². The third-order valence-electron chi connectivity index (χ3n) is 7.63. The number of aromatic nitrogens is 2. The Hall–Kier alpha value is -5.30. The third kappa shape index (κ3) is 4.51. The fraction of sp³-hybridized carbons (Fsp3) is 0.118. The molecule has 4 heterocycles. The maximum Gasteiger partial charge on any atom is 0.159 e. The predicted molar refractivity (Wildman–Crippen MR) is 167 cm³/mol. The molecule has 41 heavy (non-hydrogen) atoms. The number of H-pyrrole nitrogens is 1. The number of hydrogen-bond acceptors (Lipinski definition) is 6. The number of fused-ring (bicyclic) bond motifs is 4. The molecule has 1 aliphatic carbocycles. The second-order valence-corrected chi connectivity index (χ2v) is 10.2. The molecule has 0 radical (unpaired) electrons. The number of benzene rings is 2. The molecule has 0 bridgehead atoms. The Balaban J connectivity index is 1.33. The lowest BCUT2D eigenvalue weighted by Crippen LogP contribution is -2.33. The van der Waals surface area contributed by atoms with Crippen LogP contribution < -0.4 is 11.1 Å². The van der Waals surface area contributed by atoms with E-state index < -0.39 is 0 Å². The van der Waals surface area contributed by atoms with Crippen LogP contribution in [0.1, 0.15) is 30.0 Å². The molecule has 2 unspecified atom stereocenters. The van der Waals surface area contributed by atoms with Crippen LogP contribution >= 0.6 is 0 Å². The van der Waals surface area contributed by atoms with Gasteiger partial charge in [-0.15, -0.1) is 0 Å². The number of aliphatic imine (C=N–C) groups is 3. The number of rotatable bonds is 5. The Labute approximate surface area is 238 Å². The van der Waals surface area contributed by atoms with E-state index >= 15 is 0 Å². The van der Waals surface area contributed by atoms with Gasteiger partial charge in [0.25, 0.3) is 0 Å². The fourth-order valence-electron chi connectivity index (χ4n) is 5.61. The number of hydrogen-bond donors (Lipinski definition) is 3. The first-order chi connectivity index (χ1) is 20.2. The molecule has 2 atom stereocenters. The van der Waals surface area contributed by atoms with Crippen LogP contribution in [0.3, 0.4) is 0 Å². The molecule has 200 valence electrons. The van der Waals surface area contributed by atoms with Gasteiger partial charge in [0.05, 0.1) is 22.8 Å². The van der Waals surface area contributed by atoms with Crippen LogP contribution in [-0.2, 0) is 6.42 Å². The van der Waals surface area contributed by atoms with Gasteiger partial charge in [0.15, 0.2) is 11.7 Å². The van der Waals surface area contributed by atoms with E-state index in [0.717, 1.165) is 68.2 Å². The summed E-state index contributed by atoms with van der Waals surface area (Å²) in [6, 6.07) is 20.8. The van der Waals surface area contributed by atoms with Gasteiger partial charge in [-0.3, -0.25) is 4.99 Å². The summed E-state index contributed by atoms with van der Waals surface area (Å²) in [5, 5.41) is 5.72. The molecule has 7 heteroatoms. The first kappa shape index (κ1) is 24.7. The summed E-state index contributed by atoms with van der Waals surface area (Å²) in [6.45, 7) is 1.96. The molecule has 2 aliphatic heterocycles. The zero-order chi connectivity index (χ0) is 27.8. The van der Waals surface area contributed by atoms with Crippen LogP contribution in [0.4, 0.5) is 5.69 Å². The van der Waals surface area contributed by atoms with Crippen LogP contribution in [0.5, 0.6) is 0 Å². The smallest absolute Gasteiger partial charge is 0.159 e. The zero-order valence-corrected chi connectivity index (χ0v) is 22.6. The highest BCUT2D eigenvalue weighted by molar-refractivity contribution is 6.13. The summed E-state index contributed by atoms with van der Waals surface area (Å²) in [5.74, 6) is 1.60. The normalized spacial score (nSPS) is 19.8. The van der Waals surface area contributed by atoms with E-state index in [1.807, 2.05) is 37.4 Å². The molecule has 2 aromatic heterocycles. The Morgan fingerprint density at radius 3 is 2.73 bits per heavy atom. The molecular weight excluding hydrogens is 506 g/mol. The van der Waals surface area contributed by atoms with Crippen molar-refractivity contribution >= 4 is 33.8 Å². The number of nitrogens with one attached hydrogen (secondary N) is 2. The second-order valence-electron chi connectivity index (χ2n) is 10.2. The van der Waals surface area contributed by atoms with Gasteiger partial charge in [0, 0.05) is 46.2 Å². The van der Waals surface area contributed by atoms with Crippen molar-refractivity contribution in [3.8, 4) is 11.3 Å². The van der Waals surface area contributed by atoms with E-state index in [-0.39, 0.29) is 12.1 Å². The molecule has 0 saturated heterocycles. The molecule has 3 aliphatic rings. The maximum absolute atomic E-state index is 5.73.